The van der Waals surface area contributed by atoms with Crippen molar-refractivity contribution in [1.82, 2.24) is 19.6 Å². The smallest absolute Gasteiger partial charge is 0.410 e. The summed E-state index contributed by atoms with van der Waals surface area (Å²) >= 11 is 0. The maximum Gasteiger partial charge on any atom is 0.410 e. The SMILES string of the molecule is Cn1nc2c(c1C(=O)N1CCN(c3ccccc3F)CC1)CN(C(=O)OC(C)(C)C)CC2. The maximum absolute atomic E-state index is 14.1. The van der Waals surface area contributed by atoms with Gasteiger partial charge in [-0.2, -0.15) is 5.10 Å². The summed E-state index contributed by atoms with van der Waals surface area (Å²) < 4.78 is 21.3. The summed E-state index contributed by atoms with van der Waals surface area (Å²) in [6.45, 7) is 8.39. The molecule has 0 unspecified atom stereocenters. The number of carbonyl (C=O) groups excluding carboxylic acids is 2. The molecule has 0 bridgehead atoms. The van der Waals surface area contributed by atoms with Crippen LogP contribution in [-0.4, -0.2) is 69.9 Å². The minimum absolute atomic E-state index is 0.111. The van der Waals surface area contributed by atoms with E-state index in [-0.39, 0.29) is 17.8 Å². The van der Waals surface area contributed by atoms with Gasteiger partial charge in [-0.05, 0) is 32.9 Å². The average Bonchev–Trinajstić information content (AvgIpc) is 3.07. The second-order valence-electron chi connectivity index (χ2n) is 9.28. The summed E-state index contributed by atoms with van der Waals surface area (Å²) in [5, 5.41) is 4.54. The Kier molecular flexibility index (Phi) is 5.83. The fraction of sp³-hybridized carbons (Fsp3) is 0.522. The van der Waals surface area contributed by atoms with Crippen LogP contribution in [0.3, 0.4) is 0 Å². The van der Waals surface area contributed by atoms with Crippen molar-refractivity contribution in [1.29, 1.82) is 0 Å². The first-order chi connectivity index (χ1) is 15.1. The Morgan fingerprint density at radius 1 is 1.03 bits per heavy atom. The monoisotopic (exact) mass is 443 g/mol. The van der Waals surface area contributed by atoms with E-state index in [1.165, 1.54) is 6.07 Å². The quantitative estimate of drug-likeness (QED) is 0.714. The van der Waals surface area contributed by atoms with Crippen LogP contribution >= 0.6 is 0 Å². The molecule has 0 atom stereocenters. The summed E-state index contributed by atoms with van der Waals surface area (Å²) in [5.41, 5.74) is 2.12. The fourth-order valence-corrected chi connectivity index (χ4v) is 4.26. The van der Waals surface area contributed by atoms with Gasteiger partial charge >= 0.3 is 6.09 Å². The number of fused-ring (bicyclic) bond motifs is 1. The van der Waals surface area contributed by atoms with E-state index < -0.39 is 5.60 Å². The number of benzene rings is 1. The summed E-state index contributed by atoms with van der Waals surface area (Å²) in [4.78, 5) is 31.3. The summed E-state index contributed by atoms with van der Waals surface area (Å²) in [6, 6.07) is 6.69. The normalized spacial score (nSPS) is 16.7. The number of anilines is 1. The number of rotatable bonds is 2. The number of nitrogens with zero attached hydrogens (tertiary/aromatic N) is 5. The largest absolute Gasteiger partial charge is 0.444 e. The average molecular weight is 444 g/mol. The lowest BCUT2D eigenvalue weighted by atomic mass is 10.0. The van der Waals surface area contributed by atoms with Gasteiger partial charge in [-0.3, -0.25) is 9.48 Å². The number of aryl methyl sites for hydroxylation is 1. The molecule has 0 N–H and O–H groups in total. The molecule has 32 heavy (non-hydrogen) atoms. The van der Waals surface area contributed by atoms with Crippen molar-refractivity contribution >= 4 is 17.7 Å². The fourth-order valence-electron chi connectivity index (χ4n) is 4.26. The maximum atomic E-state index is 14.1. The molecule has 0 aliphatic carbocycles. The molecule has 0 radical (unpaired) electrons. The Labute approximate surface area is 187 Å². The van der Waals surface area contributed by atoms with Crippen molar-refractivity contribution in [2.45, 2.75) is 39.3 Å². The molecule has 0 spiro atoms. The van der Waals surface area contributed by atoms with Gasteiger partial charge in [0.1, 0.15) is 17.1 Å². The van der Waals surface area contributed by atoms with Crippen LogP contribution in [0.25, 0.3) is 0 Å². The second kappa shape index (κ2) is 8.44. The van der Waals surface area contributed by atoms with Gasteiger partial charge in [-0.1, -0.05) is 12.1 Å². The van der Waals surface area contributed by atoms with Crippen LogP contribution < -0.4 is 4.90 Å². The van der Waals surface area contributed by atoms with Gasteiger partial charge < -0.3 is 19.4 Å². The molecule has 3 heterocycles. The molecule has 2 aliphatic heterocycles. The molecule has 1 saturated heterocycles. The Balaban J connectivity index is 1.47. The first kappa shape index (κ1) is 22.1. The van der Waals surface area contributed by atoms with Crippen LogP contribution in [0.1, 0.15) is 42.5 Å². The number of halogens is 1. The molecular weight excluding hydrogens is 413 g/mol. The number of para-hydroxylation sites is 1. The van der Waals surface area contributed by atoms with Gasteiger partial charge in [-0.25, -0.2) is 9.18 Å². The van der Waals surface area contributed by atoms with Crippen LogP contribution in [0, 0.1) is 5.82 Å². The van der Waals surface area contributed by atoms with Gasteiger partial charge in [0.2, 0.25) is 0 Å². The Morgan fingerprint density at radius 2 is 1.72 bits per heavy atom. The lowest BCUT2D eigenvalue weighted by molar-refractivity contribution is 0.0222. The Morgan fingerprint density at radius 3 is 2.38 bits per heavy atom. The minimum atomic E-state index is -0.581. The lowest BCUT2D eigenvalue weighted by Crippen LogP contribution is -2.49. The summed E-state index contributed by atoms with van der Waals surface area (Å²) in [5.74, 6) is -0.365. The van der Waals surface area contributed by atoms with E-state index in [1.807, 2.05) is 31.7 Å². The van der Waals surface area contributed by atoms with Crippen molar-refractivity contribution in [3.05, 3.63) is 47.0 Å². The highest BCUT2D eigenvalue weighted by Crippen LogP contribution is 2.26. The molecule has 8 nitrogen and oxygen atoms in total. The Hall–Kier alpha value is -3.10. The topological polar surface area (TPSA) is 70.9 Å². The van der Waals surface area contributed by atoms with Crippen molar-refractivity contribution in [3.63, 3.8) is 0 Å². The van der Waals surface area contributed by atoms with E-state index in [4.69, 9.17) is 4.74 Å². The predicted molar refractivity (Wildman–Crippen MR) is 118 cm³/mol. The highest BCUT2D eigenvalue weighted by molar-refractivity contribution is 5.94. The second-order valence-corrected chi connectivity index (χ2v) is 9.28. The van der Waals surface area contributed by atoms with E-state index in [1.54, 1.807) is 33.7 Å². The van der Waals surface area contributed by atoms with Crippen molar-refractivity contribution in [2.75, 3.05) is 37.6 Å². The molecule has 2 aromatic rings. The molecule has 172 valence electrons. The van der Waals surface area contributed by atoms with Crippen LogP contribution in [0.5, 0.6) is 0 Å². The van der Waals surface area contributed by atoms with Gasteiger partial charge in [-0.15, -0.1) is 0 Å². The third-order valence-corrected chi connectivity index (χ3v) is 5.81. The van der Waals surface area contributed by atoms with Gasteiger partial charge in [0.15, 0.2) is 0 Å². The third-order valence-electron chi connectivity index (χ3n) is 5.81. The highest BCUT2D eigenvalue weighted by Gasteiger charge is 2.34. The number of amides is 2. The number of aromatic nitrogens is 2. The number of piperazine rings is 1. The molecule has 1 fully saturated rings. The van der Waals surface area contributed by atoms with E-state index in [0.717, 1.165) is 11.3 Å². The van der Waals surface area contributed by atoms with E-state index in [9.17, 15) is 14.0 Å². The van der Waals surface area contributed by atoms with Crippen molar-refractivity contribution < 1.29 is 18.7 Å². The van der Waals surface area contributed by atoms with Crippen LogP contribution in [0.2, 0.25) is 0 Å². The van der Waals surface area contributed by atoms with E-state index in [2.05, 4.69) is 5.10 Å². The lowest BCUT2D eigenvalue weighted by Gasteiger charge is -2.36. The first-order valence-corrected chi connectivity index (χ1v) is 11.0. The van der Waals surface area contributed by atoms with Crippen LogP contribution in [-0.2, 0) is 24.8 Å². The molecule has 2 amide bonds. The predicted octanol–water partition coefficient (Wildman–Crippen LogP) is 2.81. The van der Waals surface area contributed by atoms with Gasteiger partial charge in [0, 0.05) is 51.8 Å². The number of carbonyl (C=O) groups is 2. The minimum Gasteiger partial charge on any atom is -0.444 e. The molecule has 1 aromatic heterocycles. The molecular formula is C23H30FN5O3. The van der Waals surface area contributed by atoms with Crippen molar-refractivity contribution in [3.8, 4) is 0 Å². The summed E-state index contributed by atoms with van der Waals surface area (Å²) in [6.07, 6.45) is 0.195. The third kappa shape index (κ3) is 4.42. The molecule has 0 saturated carbocycles. The zero-order chi connectivity index (χ0) is 23.0. The first-order valence-electron chi connectivity index (χ1n) is 11.0. The molecule has 2 aliphatic rings. The molecule has 1 aromatic carbocycles. The standard InChI is InChI=1S/C23H30FN5O3/c1-23(2,3)32-22(31)29-10-9-18-16(15-29)20(26(4)25-18)21(30)28-13-11-27(12-14-28)19-8-6-5-7-17(19)24/h5-8H,9-15H2,1-4H3. The zero-order valence-corrected chi connectivity index (χ0v) is 19.1. The number of hydrogen-bond acceptors (Lipinski definition) is 5. The van der Waals surface area contributed by atoms with Crippen LogP contribution in [0.15, 0.2) is 24.3 Å². The molecule has 9 heteroatoms. The Bertz CT molecular complexity index is 1020. The zero-order valence-electron chi connectivity index (χ0n) is 19.1. The molecule has 4 rings (SSSR count). The highest BCUT2D eigenvalue weighted by atomic mass is 19.1. The number of ether oxygens (including phenoxy) is 1. The van der Waals surface area contributed by atoms with Gasteiger partial charge in [0.05, 0.1) is 17.9 Å². The van der Waals surface area contributed by atoms with E-state index >= 15 is 0 Å². The van der Waals surface area contributed by atoms with E-state index in [0.29, 0.717) is 57.1 Å². The number of hydrogen-bond donors (Lipinski definition) is 0. The summed E-state index contributed by atoms with van der Waals surface area (Å²) in [7, 11) is 1.76. The van der Waals surface area contributed by atoms with Crippen molar-refractivity contribution in [2.24, 2.45) is 7.05 Å². The van der Waals surface area contributed by atoms with Crippen LogP contribution in [0.4, 0.5) is 14.9 Å². The van der Waals surface area contributed by atoms with Gasteiger partial charge in [0.25, 0.3) is 5.91 Å².